The maximum Gasteiger partial charge on any atom is 0.256 e. The number of hydrogen-bond donors (Lipinski definition) is 4. The fraction of sp³-hybridized carbons (Fsp3) is 0.333. The molecule has 0 spiro atoms. The first-order valence-electron chi connectivity index (χ1n) is 7.65. The molecule has 2 aromatic heterocycles. The SMILES string of the molecule is CN=C(/C=C\N)Nc1cc(NC)n2ncc(C(=O)NC3CC3)c2n1. The Labute approximate surface area is 139 Å². The van der Waals surface area contributed by atoms with Crippen molar-refractivity contribution in [3.05, 3.63) is 30.1 Å². The summed E-state index contributed by atoms with van der Waals surface area (Å²) in [4.78, 5) is 20.9. The van der Waals surface area contributed by atoms with Crippen molar-refractivity contribution in [2.75, 3.05) is 24.7 Å². The van der Waals surface area contributed by atoms with Gasteiger partial charge in [-0.25, -0.2) is 4.98 Å². The van der Waals surface area contributed by atoms with Crippen LogP contribution in [0.3, 0.4) is 0 Å². The highest BCUT2D eigenvalue weighted by Crippen LogP contribution is 2.22. The Kier molecular flexibility index (Phi) is 4.32. The van der Waals surface area contributed by atoms with Gasteiger partial charge in [-0.15, -0.1) is 0 Å². The number of fused-ring (bicyclic) bond motifs is 1. The van der Waals surface area contributed by atoms with Crippen LogP contribution in [0.2, 0.25) is 0 Å². The number of anilines is 2. The highest BCUT2D eigenvalue weighted by molar-refractivity contribution is 6.04. The summed E-state index contributed by atoms with van der Waals surface area (Å²) in [7, 11) is 3.42. The van der Waals surface area contributed by atoms with Gasteiger partial charge >= 0.3 is 0 Å². The lowest BCUT2D eigenvalue weighted by atomic mass is 10.3. The number of carbonyl (C=O) groups is 1. The van der Waals surface area contributed by atoms with Crippen molar-refractivity contribution in [2.45, 2.75) is 18.9 Å². The molecule has 0 aliphatic heterocycles. The van der Waals surface area contributed by atoms with Gasteiger partial charge in [0.1, 0.15) is 23.0 Å². The van der Waals surface area contributed by atoms with Crippen molar-refractivity contribution in [1.29, 1.82) is 0 Å². The van der Waals surface area contributed by atoms with Crippen LogP contribution in [0.1, 0.15) is 23.2 Å². The zero-order valence-electron chi connectivity index (χ0n) is 13.6. The number of rotatable bonds is 5. The zero-order valence-corrected chi connectivity index (χ0v) is 13.6. The molecule has 0 radical (unpaired) electrons. The van der Waals surface area contributed by atoms with Gasteiger partial charge in [-0.3, -0.25) is 9.79 Å². The molecule has 9 heteroatoms. The molecular formula is C15H20N8O. The quantitative estimate of drug-likeness (QED) is 0.470. The molecule has 5 N–H and O–H groups in total. The second kappa shape index (κ2) is 6.57. The van der Waals surface area contributed by atoms with E-state index in [1.54, 1.807) is 30.8 Å². The Morgan fingerprint density at radius 3 is 2.92 bits per heavy atom. The second-order valence-corrected chi connectivity index (χ2v) is 5.41. The number of amides is 1. The second-order valence-electron chi connectivity index (χ2n) is 5.41. The lowest BCUT2D eigenvalue weighted by Gasteiger charge is -2.10. The monoisotopic (exact) mass is 328 g/mol. The van der Waals surface area contributed by atoms with Gasteiger partial charge in [-0.2, -0.15) is 9.61 Å². The summed E-state index contributed by atoms with van der Waals surface area (Å²) < 4.78 is 1.59. The van der Waals surface area contributed by atoms with Crippen molar-refractivity contribution < 1.29 is 4.79 Å². The predicted molar refractivity (Wildman–Crippen MR) is 93.3 cm³/mol. The van der Waals surface area contributed by atoms with Crippen molar-refractivity contribution >= 4 is 29.0 Å². The molecule has 1 aliphatic rings. The maximum atomic E-state index is 12.4. The fourth-order valence-electron chi connectivity index (χ4n) is 2.25. The van der Waals surface area contributed by atoms with E-state index in [4.69, 9.17) is 5.73 Å². The van der Waals surface area contributed by atoms with E-state index >= 15 is 0 Å². The number of aromatic nitrogens is 3. The first kappa shape index (κ1) is 15.8. The molecule has 9 nitrogen and oxygen atoms in total. The average molecular weight is 328 g/mol. The molecule has 0 saturated heterocycles. The molecule has 3 rings (SSSR count). The van der Waals surface area contributed by atoms with Gasteiger partial charge in [-0.05, 0) is 25.1 Å². The lowest BCUT2D eigenvalue weighted by Crippen LogP contribution is -2.25. The molecule has 1 saturated carbocycles. The summed E-state index contributed by atoms with van der Waals surface area (Å²) in [6, 6.07) is 2.05. The molecule has 0 unspecified atom stereocenters. The summed E-state index contributed by atoms with van der Waals surface area (Å²) in [5.74, 6) is 1.62. The third-order valence-corrected chi connectivity index (χ3v) is 3.64. The zero-order chi connectivity index (χ0) is 17.1. The minimum atomic E-state index is -0.162. The molecule has 1 aliphatic carbocycles. The molecule has 0 atom stereocenters. The number of nitrogens with zero attached hydrogens (tertiary/aromatic N) is 4. The van der Waals surface area contributed by atoms with E-state index in [0.717, 1.165) is 12.8 Å². The lowest BCUT2D eigenvalue weighted by molar-refractivity contribution is 0.0952. The van der Waals surface area contributed by atoms with Crippen LogP contribution in [0, 0.1) is 0 Å². The minimum Gasteiger partial charge on any atom is -0.404 e. The summed E-state index contributed by atoms with van der Waals surface area (Å²) in [6.45, 7) is 0. The number of amidine groups is 1. The van der Waals surface area contributed by atoms with Gasteiger partial charge < -0.3 is 21.7 Å². The van der Waals surface area contributed by atoms with E-state index < -0.39 is 0 Å². The van der Waals surface area contributed by atoms with Crippen molar-refractivity contribution in [2.24, 2.45) is 10.7 Å². The van der Waals surface area contributed by atoms with Crippen LogP contribution in [0.4, 0.5) is 11.6 Å². The molecular weight excluding hydrogens is 308 g/mol. The van der Waals surface area contributed by atoms with Crippen molar-refractivity contribution in [3.63, 3.8) is 0 Å². The highest BCUT2D eigenvalue weighted by atomic mass is 16.1. The summed E-state index contributed by atoms with van der Waals surface area (Å²) in [5.41, 5.74) is 6.31. The summed E-state index contributed by atoms with van der Waals surface area (Å²) in [5, 5.41) is 13.3. The molecule has 2 heterocycles. The van der Waals surface area contributed by atoms with Crippen LogP contribution in [0.15, 0.2) is 29.5 Å². The number of nitrogens with one attached hydrogen (secondary N) is 3. The number of hydrogen-bond acceptors (Lipinski definition) is 6. The van der Waals surface area contributed by atoms with Crippen LogP contribution >= 0.6 is 0 Å². The van der Waals surface area contributed by atoms with Crippen LogP contribution < -0.4 is 21.7 Å². The van der Waals surface area contributed by atoms with Gasteiger partial charge in [0.25, 0.3) is 5.91 Å². The molecule has 24 heavy (non-hydrogen) atoms. The highest BCUT2D eigenvalue weighted by Gasteiger charge is 2.26. The van der Waals surface area contributed by atoms with Gasteiger partial charge in [0, 0.05) is 26.2 Å². The molecule has 1 amide bonds. The average Bonchev–Trinajstić information content (AvgIpc) is 3.29. The van der Waals surface area contributed by atoms with E-state index in [9.17, 15) is 4.79 Å². The predicted octanol–water partition coefficient (Wildman–Crippen LogP) is 0.576. The van der Waals surface area contributed by atoms with Crippen LogP contribution in [-0.4, -0.2) is 46.5 Å². The van der Waals surface area contributed by atoms with E-state index in [1.807, 2.05) is 0 Å². The first-order chi connectivity index (χ1) is 11.7. The van der Waals surface area contributed by atoms with E-state index in [-0.39, 0.29) is 11.9 Å². The van der Waals surface area contributed by atoms with E-state index in [1.165, 1.54) is 12.4 Å². The van der Waals surface area contributed by atoms with E-state index in [0.29, 0.717) is 28.7 Å². The standard InChI is InChI=1S/C15H20N8O/c1-17-11(5-6-16)21-12-7-13(18-2)23-14(22-12)10(8-19-23)15(24)20-9-3-4-9/h5-9,18H,3-4,16H2,1-2H3,(H,20,24)(H,17,21,22)/b6-5-. The van der Waals surface area contributed by atoms with Gasteiger partial charge in [0.05, 0.1) is 6.20 Å². The molecule has 2 aromatic rings. The third-order valence-electron chi connectivity index (χ3n) is 3.64. The Balaban J connectivity index is 1.99. The maximum absolute atomic E-state index is 12.4. The largest absolute Gasteiger partial charge is 0.404 e. The van der Waals surface area contributed by atoms with Crippen LogP contribution in [0.25, 0.3) is 5.65 Å². The molecule has 1 fully saturated rings. The summed E-state index contributed by atoms with van der Waals surface area (Å²) >= 11 is 0. The Morgan fingerprint density at radius 1 is 1.50 bits per heavy atom. The van der Waals surface area contributed by atoms with Crippen LogP contribution in [0.5, 0.6) is 0 Å². The molecule has 0 aromatic carbocycles. The van der Waals surface area contributed by atoms with Crippen molar-refractivity contribution in [3.8, 4) is 0 Å². The smallest absolute Gasteiger partial charge is 0.256 e. The first-order valence-corrected chi connectivity index (χ1v) is 7.65. The third kappa shape index (κ3) is 3.14. The van der Waals surface area contributed by atoms with Gasteiger partial charge in [0.2, 0.25) is 0 Å². The van der Waals surface area contributed by atoms with Crippen LogP contribution in [-0.2, 0) is 0 Å². The Bertz CT molecular complexity index is 818. The Morgan fingerprint density at radius 2 is 2.29 bits per heavy atom. The topological polar surface area (TPSA) is 122 Å². The molecule has 126 valence electrons. The fourth-order valence-corrected chi connectivity index (χ4v) is 2.25. The van der Waals surface area contributed by atoms with E-state index in [2.05, 4.69) is 31.0 Å². The minimum absolute atomic E-state index is 0.162. The van der Waals surface area contributed by atoms with Gasteiger partial charge in [-0.1, -0.05) is 0 Å². The number of carbonyl (C=O) groups excluding carboxylic acids is 1. The number of aliphatic imine (C=N–C) groups is 1. The van der Waals surface area contributed by atoms with Gasteiger partial charge in [0.15, 0.2) is 5.65 Å². The summed E-state index contributed by atoms with van der Waals surface area (Å²) in [6.07, 6.45) is 6.59. The molecule has 0 bridgehead atoms. The Hall–Kier alpha value is -3.10. The normalized spacial score (nSPS) is 15.0. The van der Waals surface area contributed by atoms with Crippen molar-refractivity contribution in [1.82, 2.24) is 19.9 Å². The number of nitrogens with two attached hydrogens (primary N) is 1.